The lowest BCUT2D eigenvalue weighted by Gasteiger charge is -2.14. The molecule has 1 aliphatic carbocycles. The van der Waals surface area contributed by atoms with Crippen LogP contribution in [0.1, 0.15) is 18.1 Å². The first-order chi connectivity index (χ1) is 6.74. The van der Waals surface area contributed by atoms with E-state index in [1.807, 2.05) is 13.1 Å². The summed E-state index contributed by atoms with van der Waals surface area (Å²) < 4.78 is 0. The lowest BCUT2D eigenvalue weighted by Crippen LogP contribution is -2.22. The molecular weight excluding hydrogens is 174 g/mol. The maximum absolute atomic E-state index is 9.78. The van der Waals surface area contributed by atoms with E-state index < -0.39 is 0 Å². The Hall–Kier alpha value is -1.28. The van der Waals surface area contributed by atoms with E-state index in [2.05, 4.69) is 24.4 Å². The van der Waals surface area contributed by atoms with E-state index >= 15 is 0 Å². The minimum atomic E-state index is 0.296. The number of allylic oxidation sites excluding steroid dienone is 1. The zero-order valence-electron chi connectivity index (χ0n) is 8.54. The van der Waals surface area contributed by atoms with Gasteiger partial charge in [-0.15, -0.1) is 0 Å². The molecule has 1 aliphatic rings. The molecule has 1 aromatic carbocycles. The maximum Gasteiger partial charge on any atom is 0.123 e. The summed E-state index contributed by atoms with van der Waals surface area (Å²) in [5.41, 5.74) is 3.46. The van der Waals surface area contributed by atoms with Crippen molar-refractivity contribution in [2.75, 3.05) is 7.05 Å². The van der Waals surface area contributed by atoms with Gasteiger partial charge in [-0.3, -0.25) is 0 Å². The molecule has 0 saturated carbocycles. The van der Waals surface area contributed by atoms with Gasteiger partial charge in [-0.05, 0) is 37.6 Å². The molecule has 0 aromatic heterocycles. The van der Waals surface area contributed by atoms with Crippen LogP contribution in [0, 0.1) is 0 Å². The quantitative estimate of drug-likeness (QED) is 0.745. The summed E-state index contributed by atoms with van der Waals surface area (Å²) in [7, 11) is 1.93. The predicted octanol–water partition coefficient (Wildman–Crippen LogP) is 1.94. The summed E-state index contributed by atoms with van der Waals surface area (Å²) in [5, 5.41) is 13.0. The number of rotatable bonds is 2. The number of aromatic hydroxyl groups is 1. The Morgan fingerprint density at radius 3 is 2.93 bits per heavy atom. The maximum atomic E-state index is 9.78. The summed E-state index contributed by atoms with van der Waals surface area (Å²) in [6.45, 7) is 2.10. The van der Waals surface area contributed by atoms with Gasteiger partial charge >= 0.3 is 0 Å². The molecule has 2 nitrogen and oxygen atoms in total. The largest absolute Gasteiger partial charge is 0.507 e. The Labute approximate surface area is 84.3 Å². The number of phenolic OH excluding ortho intramolecular Hbond substituents is 1. The first-order valence-corrected chi connectivity index (χ1v) is 4.92. The van der Waals surface area contributed by atoms with Crippen LogP contribution < -0.4 is 5.32 Å². The highest BCUT2D eigenvalue weighted by Crippen LogP contribution is 2.35. The molecule has 0 radical (unpaired) electrons. The lowest BCUT2D eigenvalue weighted by molar-refractivity contribution is 0.472. The molecule has 2 rings (SSSR count). The Kier molecular flexibility index (Phi) is 2.30. The van der Waals surface area contributed by atoms with Crippen LogP contribution in [0.5, 0.6) is 5.75 Å². The highest BCUT2D eigenvalue weighted by molar-refractivity contribution is 5.79. The molecule has 0 heterocycles. The van der Waals surface area contributed by atoms with Gasteiger partial charge in [0.25, 0.3) is 0 Å². The van der Waals surface area contributed by atoms with Crippen LogP contribution in [0.3, 0.4) is 0 Å². The molecule has 74 valence electrons. The normalized spacial score (nSPS) is 16.3. The third kappa shape index (κ3) is 1.32. The van der Waals surface area contributed by atoms with Crippen molar-refractivity contribution in [3.63, 3.8) is 0 Å². The van der Waals surface area contributed by atoms with Gasteiger partial charge in [0.05, 0.1) is 0 Å². The van der Waals surface area contributed by atoms with Gasteiger partial charge in [-0.25, -0.2) is 0 Å². The summed E-state index contributed by atoms with van der Waals surface area (Å²) in [6.07, 6.45) is 3.12. The molecule has 1 aromatic rings. The third-order valence-electron chi connectivity index (χ3n) is 2.86. The zero-order chi connectivity index (χ0) is 10.1. The predicted molar refractivity (Wildman–Crippen MR) is 58.3 cm³/mol. The Balaban J connectivity index is 2.45. The van der Waals surface area contributed by atoms with Crippen molar-refractivity contribution in [3.05, 3.63) is 35.4 Å². The van der Waals surface area contributed by atoms with Gasteiger partial charge < -0.3 is 10.4 Å². The van der Waals surface area contributed by atoms with Crippen LogP contribution >= 0.6 is 0 Å². The van der Waals surface area contributed by atoms with E-state index in [9.17, 15) is 5.11 Å². The van der Waals surface area contributed by atoms with Crippen molar-refractivity contribution in [2.45, 2.75) is 19.4 Å². The number of phenols is 1. The molecule has 1 unspecified atom stereocenters. The third-order valence-corrected chi connectivity index (χ3v) is 2.86. The molecule has 2 heteroatoms. The second kappa shape index (κ2) is 3.46. The molecule has 2 N–H and O–H groups in total. The molecule has 0 spiro atoms. The van der Waals surface area contributed by atoms with Gasteiger partial charge in [-0.1, -0.05) is 18.2 Å². The smallest absolute Gasteiger partial charge is 0.123 e. The van der Waals surface area contributed by atoms with Crippen molar-refractivity contribution in [1.29, 1.82) is 0 Å². The van der Waals surface area contributed by atoms with E-state index in [0.717, 1.165) is 12.0 Å². The van der Waals surface area contributed by atoms with Crippen LogP contribution in [0.2, 0.25) is 0 Å². The number of nitrogens with one attached hydrogen (secondary N) is 1. The standard InChI is InChI=1S/C12H15NO/c1-8(13-2)10-7-6-9-4-3-5-11(14)12(9)10/h3-5,7-8,13-14H,6H2,1-2H3. The lowest BCUT2D eigenvalue weighted by atomic mass is 10.00. The summed E-state index contributed by atoms with van der Waals surface area (Å²) in [6, 6.07) is 6.01. The summed E-state index contributed by atoms with van der Waals surface area (Å²) in [5.74, 6) is 0.397. The molecule has 0 saturated heterocycles. The second-order valence-electron chi connectivity index (χ2n) is 3.69. The van der Waals surface area contributed by atoms with Crippen LogP contribution in [0.15, 0.2) is 24.3 Å². The van der Waals surface area contributed by atoms with Crippen molar-refractivity contribution >= 4 is 5.57 Å². The van der Waals surface area contributed by atoms with Crippen molar-refractivity contribution in [3.8, 4) is 5.75 Å². The zero-order valence-corrected chi connectivity index (χ0v) is 8.54. The number of benzene rings is 1. The van der Waals surface area contributed by atoms with Crippen LogP contribution in [0.25, 0.3) is 5.57 Å². The van der Waals surface area contributed by atoms with Gasteiger partial charge in [0.2, 0.25) is 0 Å². The van der Waals surface area contributed by atoms with E-state index in [1.54, 1.807) is 6.07 Å². The van der Waals surface area contributed by atoms with Crippen LogP contribution in [-0.4, -0.2) is 18.2 Å². The highest BCUT2D eigenvalue weighted by Gasteiger charge is 2.20. The fourth-order valence-corrected chi connectivity index (χ4v) is 1.96. The van der Waals surface area contributed by atoms with Crippen LogP contribution in [0.4, 0.5) is 0 Å². The minimum Gasteiger partial charge on any atom is -0.507 e. The van der Waals surface area contributed by atoms with E-state index in [-0.39, 0.29) is 0 Å². The topological polar surface area (TPSA) is 32.3 Å². The second-order valence-corrected chi connectivity index (χ2v) is 3.69. The number of likely N-dealkylation sites (N-methyl/N-ethyl adjacent to an activating group) is 1. The van der Waals surface area contributed by atoms with Crippen LogP contribution in [-0.2, 0) is 6.42 Å². The summed E-state index contributed by atoms with van der Waals surface area (Å²) in [4.78, 5) is 0. The molecule has 0 aliphatic heterocycles. The van der Waals surface area contributed by atoms with E-state index in [0.29, 0.717) is 11.8 Å². The monoisotopic (exact) mass is 189 g/mol. The first kappa shape index (κ1) is 9.28. The van der Waals surface area contributed by atoms with Crippen molar-refractivity contribution in [2.24, 2.45) is 0 Å². The molecule has 0 fully saturated rings. The average Bonchev–Trinajstić information content (AvgIpc) is 2.62. The molecular formula is C12H15NO. The van der Waals surface area contributed by atoms with Gasteiger partial charge in [0.15, 0.2) is 0 Å². The number of hydrogen-bond acceptors (Lipinski definition) is 2. The van der Waals surface area contributed by atoms with Crippen molar-refractivity contribution < 1.29 is 5.11 Å². The number of fused-ring (bicyclic) bond motifs is 1. The van der Waals surface area contributed by atoms with Crippen molar-refractivity contribution in [1.82, 2.24) is 5.32 Å². The van der Waals surface area contributed by atoms with Gasteiger partial charge in [0, 0.05) is 11.6 Å². The molecule has 14 heavy (non-hydrogen) atoms. The molecule has 0 amide bonds. The Morgan fingerprint density at radius 2 is 2.21 bits per heavy atom. The van der Waals surface area contributed by atoms with E-state index in [4.69, 9.17) is 0 Å². The summed E-state index contributed by atoms with van der Waals surface area (Å²) >= 11 is 0. The number of hydrogen-bond donors (Lipinski definition) is 2. The fraction of sp³-hybridized carbons (Fsp3) is 0.333. The first-order valence-electron chi connectivity index (χ1n) is 4.92. The van der Waals surface area contributed by atoms with Gasteiger partial charge in [0.1, 0.15) is 5.75 Å². The Morgan fingerprint density at radius 1 is 1.43 bits per heavy atom. The molecule has 1 atom stereocenters. The molecule has 0 bridgehead atoms. The SMILES string of the molecule is CNC(C)C1=CCc2cccc(O)c21. The Bertz CT molecular complexity index is 382. The fourth-order valence-electron chi connectivity index (χ4n) is 1.96. The highest BCUT2D eigenvalue weighted by atomic mass is 16.3. The van der Waals surface area contributed by atoms with E-state index in [1.165, 1.54) is 11.1 Å². The minimum absolute atomic E-state index is 0.296. The van der Waals surface area contributed by atoms with Gasteiger partial charge in [-0.2, -0.15) is 0 Å². The average molecular weight is 189 g/mol.